The lowest BCUT2D eigenvalue weighted by molar-refractivity contribution is -0.167. The van der Waals surface area contributed by atoms with Crippen LogP contribution in [0.15, 0.2) is 146 Å². The standard InChI is InChI=1S/C75H122O6/c1-4-7-10-13-16-19-22-25-27-28-29-30-31-32-33-34-35-36-37-38-39-40-41-42-43-44-45-46-48-50-53-56-59-62-65-68-74(77)80-71-72(70-79-73(76)67-64-61-58-55-52-49-24-21-18-15-12-9-6-3)81-75(78)69-66-63-60-57-54-51-47-26-23-20-17-14-11-8-5-2/h7-8,10-12,15-17,19-21,24-27,29-30,32-33,35-36,47,54,57,72H,4-6,9,13-14,18,22-23,28,31,34,37-46,48-53,55-56,58-71H2,1-3H3/b10-7-,11-8-,15-12-,19-16-,20-17-,24-21-,27-25-,30-29-,33-32-,36-35-,47-26-,57-54-. The van der Waals surface area contributed by atoms with E-state index in [0.29, 0.717) is 19.3 Å². The second-order valence-electron chi connectivity index (χ2n) is 21.6. The van der Waals surface area contributed by atoms with Crippen molar-refractivity contribution in [2.75, 3.05) is 13.2 Å². The maximum atomic E-state index is 12.9. The molecule has 0 saturated heterocycles. The topological polar surface area (TPSA) is 78.9 Å². The Bertz CT molecular complexity index is 1760. The largest absolute Gasteiger partial charge is 0.462 e. The van der Waals surface area contributed by atoms with Gasteiger partial charge in [-0.05, 0) is 135 Å². The quantitative estimate of drug-likeness (QED) is 0.0261. The van der Waals surface area contributed by atoms with Crippen LogP contribution in [-0.2, 0) is 28.6 Å². The van der Waals surface area contributed by atoms with Crippen molar-refractivity contribution in [3.8, 4) is 0 Å². The van der Waals surface area contributed by atoms with Gasteiger partial charge < -0.3 is 14.2 Å². The number of hydrogen-bond acceptors (Lipinski definition) is 6. The van der Waals surface area contributed by atoms with Gasteiger partial charge in [-0.25, -0.2) is 0 Å². The molecule has 458 valence electrons. The van der Waals surface area contributed by atoms with E-state index in [2.05, 4.69) is 167 Å². The van der Waals surface area contributed by atoms with E-state index in [0.717, 1.165) is 148 Å². The first-order valence-corrected chi connectivity index (χ1v) is 33.3. The summed E-state index contributed by atoms with van der Waals surface area (Å²) in [7, 11) is 0. The van der Waals surface area contributed by atoms with E-state index in [4.69, 9.17) is 14.2 Å². The summed E-state index contributed by atoms with van der Waals surface area (Å²) in [5, 5.41) is 0. The first-order chi connectivity index (χ1) is 40.0. The number of esters is 3. The minimum Gasteiger partial charge on any atom is -0.462 e. The summed E-state index contributed by atoms with van der Waals surface area (Å²) < 4.78 is 16.9. The summed E-state index contributed by atoms with van der Waals surface area (Å²) in [5.74, 6) is -0.957. The third-order valence-electron chi connectivity index (χ3n) is 13.8. The number of ether oxygens (including phenoxy) is 3. The Kier molecular flexibility index (Phi) is 63.9. The van der Waals surface area contributed by atoms with Crippen LogP contribution in [0.1, 0.15) is 290 Å². The van der Waals surface area contributed by atoms with Gasteiger partial charge in [-0.2, -0.15) is 0 Å². The first-order valence-electron chi connectivity index (χ1n) is 33.3. The Labute approximate surface area is 499 Å². The molecule has 0 aliphatic rings. The molecule has 6 nitrogen and oxygen atoms in total. The van der Waals surface area contributed by atoms with Crippen molar-refractivity contribution in [3.05, 3.63) is 146 Å². The number of rotatable bonds is 59. The zero-order chi connectivity index (χ0) is 58.5. The molecule has 6 heteroatoms. The zero-order valence-electron chi connectivity index (χ0n) is 52.5. The van der Waals surface area contributed by atoms with Gasteiger partial charge in [-0.1, -0.05) is 282 Å². The number of carbonyl (C=O) groups is 3. The molecule has 0 heterocycles. The van der Waals surface area contributed by atoms with Gasteiger partial charge in [-0.3, -0.25) is 14.4 Å². The molecule has 0 aromatic carbocycles. The molecule has 0 aromatic rings. The molecule has 1 atom stereocenters. The van der Waals surface area contributed by atoms with Crippen LogP contribution in [0.5, 0.6) is 0 Å². The van der Waals surface area contributed by atoms with Gasteiger partial charge in [0.05, 0.1) is 0 Å². The van der Waals surface area contributed by atoms with Gasteiger partial charge in [-0.15, -0.1) is 0 Å². The van der Waals surface area contributed by atoms with Crippen molar-refractivity contribution < 1.29 is 28.6 Å². The molecule has 0 amide bonds. The molecular formula is C75H122O6. The Morgan fingerprint density at radius 3 is 0.778 bits per heavy atom. The highest BCUT2D eigenvalue weighted by Gasteiger charge is 2.19. The molecule has 1 unspecified atom stereocenters. The SMILES string of the molecule is CC/C=C\C/C=C\C/C=C\C/C=C\C/C=C\C/C=C\CCCCCCCCCCCCCCCCCCC(=O)OCC(COC(=O)CCCCCCC/C=C\C/C=C\CCC)OC(=O)CCCC/C=C\C/C=C\C/C=C\C/C=C\CC. The van der Waals surface area contributed by atoms with Gasteiger partial charge in [0.1, 0.15) is 13.2 Å². The van der Waals surface area contributed by atoms with Crippen molar-refractivity contribution >= 4 is 17.9 Å². The van der Waals surface area contributed by atoms with E-state index in [1.807, 2.05) is 0 Å². The van der Waals surface area contributed by atoms with Gasteiger partial charge in [0.2, 0.25) is 0 Å². The highest BCUT2D eigenvalue weighted by Crippen LogP contribution is 2.16. The first kappa shape index (κ1) is 76.3. The van der Waals surface area contributed by atoms with E-state index in [-0.39, 0.29) is 37.5 Å². The molecule has 0 aliphatic carbocycles. The fourth-order valence-electron chi connectivity index (χ4n) is 8.89. The second-order valence-corrected chi connectivity index (χ2v) is 21.6. The molecular weight excluding hydrogens is 997 g/mol. The summed E-state index contributed by atoms with van der Waals surface area (Å²) in [6.45, 7) is 6.30. The zero-order valence-corrected chi connectivity index (χ0v) is 52.5. The van der Waals surface area contributed by atoms with E-state index in [1.54, 1.807) is 0 Å². The van der Waals surface area contributed by atoms with Crippen LogP contribution in [0.2, 0.25) is 0 Å². The molecule has 0 rings (SSSR count). The normalized spacial score (nSPS) is 13.1. The van der Waals surface area contributed by atoms with Crippen molar-refractivity contribution in [2.45, 2.75) is 297 Å². The smallest absolute Gasteiger partial charge is 0.306 e. The maximum absolute atomic E-state index is 12.9. The molecule has 81 heavy (non-hydrogen) atoms. The fourth-order valence-corrected chi connectivity index (χ4v) is 8.89. The predicted molar refractivity (Wildman–Crippen MR) is 352 cm³/mol. The molecule has 0 radical (unpaired) electrons. The third kappa shape index (κ3) is 66.0. The third-order valence-corrected chi connectivity index (χ3v) is 13.8. The lowest BCUT2D eigenvalue weighted by Crippen LogP contribution is -2.30. The summed E-state index contributed by atoms with van der Waals surface area (Å²) in [6, 6.07) is 0. The van der Waals surface area contributed by atoms with Crippen LogP contribution < -0.4 is 0 Å². The Hall–Kier alpha value is -4.71. The van der Waals surface area contributed by atoms with Crippen LogP contribution in [0.3, 0.4) is 0 Å². The van der Waals surface area contributed by atoms with Crippen LogP contribution in [0.4, 0.5) is 0 Å². The highest BCUT2D eigenvalue weighted by molar-refractivity contribution is 5.71. The summed E-state index contributed by atoms with van der Waals surface area (Å²) in [5.41, 5.74) is 0. The van der Waals surface area contributed by atoms with Crippen molar-refractivity contribution in [1.82, 2.24) is 0 Å². The van der Waals surface area contributed by atoms with Crippen LogP contribution in [0, 0.1) is 0 Å². The minimum atomic E-state index is -0.810. The van der Waals surface area contributed by atoms with Crippen molar-refractivity contribution in [3.63, 3.8) is 0 Å². The van der Waals surface area contributed by atoms with Crippen LogP contribution >= 0.6 is 0 Å². The number of unbranched alkanes of at least 4 members (excludes halogenated alkanes) is 24. The van der Waals surface area contributed by atoms with Gasteiger partial charge in [0, 0.05) is 19.3 Å². The molecule has 0 aromatic heterocycles. The monoisotopic (exact) mass is 1120 g/mol. The molecule has 0 aliphatic heterocycles. The average molecular weight is 1120 g/mol. The highest BCUT2D eigenvalue weighted by atomic mass is 16.6. The summed E-state index contributed by atoms with van der Waals surface area (Å²) in [4.78, 5) is 38.2. The lowest BCUT2D eigenvalue weighted by atomic mass is 10.0. The Balaban J connectivity index is 4.19. The van der Waals surface area contributed by atoms with E-state index in [1.165, 1.54) is 96.3 Å². The van der Waals surface area contributed by atoms with Gasteiger partial charge >= 0.3 is 17.9 Å². The summed E-state index contributed by atoms with van der Waals surface area (Å²) >= 11 is 0. The lowest BCUT2D eigenvalue weighted by Gasteiger charge is -2.18. The number of allylic oxidation sites excluding steroid dienone is 24. The summed E-state index contributed by atoms with van der Waals surface area (Å²) in [6.07, 6.45) is 97.4. The second kappa shape index (κ2) is 67.8. The number of carbonyl (C=O) groups excluding carboxylic acids is 3. The molecule has 0 spiro atoms. The fraction of sp³-hybridized carbons (Fsp3) is 0.640. The van der Waals surface area contributed by atoms with Crippen LogP contribution in [-0.4, -0.2) is 37.2 Å². The molecule has 0 bridgehead atoms. The van der Waals surface area contributed by atoms with E-state index >= 15 is 0 Å². The van der Waals surface area contributed by atoms with Gasteiger partial charge in [0.15, 0.2) is 6.10 Å². The molecule has 0 fully saturated rings. The minimum absolute atomic E-state index is 0.102. The molecule has 0 N–H and O–H groups in total. The average Bonchev–Trinajstić information content (AvgIpc) is 3.46. The van der Waals surface area contributed by atoms with Crippen LogP contribution in [0.25, 0.3) is 0 Å². The molecule has 0 saturated carbocycles. The van der Waals surface area contributed by atoms with E-state index < -0.39 is 6.10 Å². The Morgan fingerprint density at radius 1 is 0.259 bits per heavy atom. The Morgan fingerprint density at radius 2 is 0.481 bits per heavy atom. The van der Waals surface area contributed by atoms with E-state index in [9.17, 15) is 14.4 Å². The van der Waals surface area contributed by atoms with Crippen molar-refractivity contribution in [2.24, 2.45) is 0 Å². The predicted octanol–water partition coefficient (Wildman–Crippen LogP) is 23.1. The number of hydrogen-bond donors (Lipinski definition) is 0. The van der Waals surface area contributed by atoms with Gasteiger partial charge in [0.25, 0.3) is 0 Å². The maximum Gasteiger partial charge on any atom is 0.306 e. The van der Waals surface area contributed by atoms with Crippen molar-refractivity contribution in [1.29, 1.82) is 0 Å².